The van der Waals surface area contributed by atoms with Crippen molar-refractivity contribution in [2.45, 2.75) is 57.3 Å². The lowest BCUT2D eigenvalue weighted by molar-refractivity contribution is 0.0946. The smallest absolute Gasteiger partial charge is 0.251 e. The van der Waals surface area contributed by atoms with E-state index in [-0.39, 0.29) is 5.91 Å². The Kier molecular flexibility index (Phi) is 8.94. The first kappa shape index (κ1) is 24.5. The quantitative estimate of drug-likeness (QED) is 0.453. The molecule has 172 valence electrons. The number of benzene rings is 2. The van der Waals surface area contributed by atoms with Crippen LogP contribution >= 0.6 is 11.8 Å². The minimum Gasteiger partial charge on any atom is -0.351 e. The topological polar surface area (TPSA) is 44.7 Å². The van der Waals surface area contributed by atoms with Crippen LogP contribution in [0.25, 0.3) is 0 Å². The lowest BCUT2D eigenvalue weighted by Crippen LogP contribution is -2.38. The van der Waals surface area contributed by atoms with Gasteiger partial charge < -0.3 is 10.2 Å². The molecule has 0 saturated heterocycles. The molecule has 32 heavy (non-hydrogen) atoms. The van der Waals surface area contributed by atoms with Crippen molar-refractivity contribution in [1.82, 2.24) is 10.2 Å². The Bertz CT molecular complexity index is 942. The summed E-state index contributed by atoms with van der Waals surface area (Å²) in [5.41, 5.74) is 3.87. The summed E-state index contributed by atoms with van der Waals surface area (Å²) in [6.45, 7) is 14.8. The highest BCUT2D eigenvalue weighted by Crippen LogP contribution is 2.41. The van der Waals surface area contributed by atoms with Gasteiger partial charge in [0, 0.05) is 52.8 Å². The number of hydrogen-bond acceptors (Lipinski definition) is 4. The van der Waals surface area contributed by atoms with Crippen LogP contribution in [0.3, 0.4) is 0 Å². The maximum atomic E-state index is 12.9. The molecule has 2 aromatic rings. The molecule has 1 amide bonds. The Hall–Kier alpha value is -2.11. The van der Waals surface area contributed by atoms with Crippen molar-refractivity contribution in [2.75, 3.05) is 26.2 Å². The van der Waals surface area contributed by atoms with Crippen LogP contribution in [-0.4, -0.2) is 42.7 Å². The van der Waals surface area contributed by atoms with Gasteiger partial charge in [0.25, 0.3) is 5.91 Å². The molecule has 0 spiro atoms. The van der Waals surface area contributed by atoms with Crippen LogP contribution in [0.4, 0.5) is 5.69 Å². The minimum absolute atomic E-state index is 0.0270. The highest BCUT2D eigenvalue weighted by Gasteiger charge is 2.18. The van der Waals surface area contributed by atoms with Crippen molar-refractivity contribution >= 4 is 29.1 Å². The van der Waals surface area contributed by atoms with Gasteiger partial charge in [-0.15, -0.1) is 0 Å². The van der Waals surface area contributed by atoms with Gasteiger partial charge in [0.05, 0.1) is 5.69 Å². The number of rotatable bonds is 10. The minimum atomic E-state index is -0.0270. The van der Waals surface area contributed by atoms with Crippen LogP contribution in [0.15, 0.2) is 57.2 Å². The summed E-state index contributed by atoms with van der Waals surface area (Å²) in [7, 11) is 0. The van der Waals surface area contributed by atoms with E-state index in [1.165, 1.54) is 10.5 Å². The van der Waals surface area contributed by atoms with E-state index in [0.717, 1.165) is 48.8 Å². The summed E-state index contributed by atoms with van der Waals surface area (Å²) < 4.78 is 0. The number of carbonyl (C=O) groups is 1. The predicted octanol–water partition coefficient (Wildman–Crippen LogP) is 6.42. The molecule has 0 saturated carbocycles. The van der Waals surface area contributed by atoms with Gasteiger partial charge in [0.1, 0.15) is 0 Å². The number of nitrogens with one attached hydrogen (secondary N) is 1. The maximum absolute atomic E-state index is 12.9. The number of hydrogen-bond donors (Lipinski definition) is 1. The highest BCUT2D eigenvalue weighted by atomic mass is 32.2. The predicted molar refractivity (Wildman–Crippen MR) is 137 cm³/mol. The molecule has 0 unspecified atom stereocenters. The molecule has 0 radical (unpaired) electrons. The van der Waals surface area contributed by atoms with Gasteiger partial charge >= 0.3 is 0 Å². The van der Waals surface area contributed by atoms with Crippen LogP contribution in [-0.2, 0) is 0 Å². The number of nitrogens with zero attached hydrogens (tertiary/aromatic N) is 2. The Morgan fingerprint density at radius 3 is 2.44 bits per heavy atom. The van der Waals surface area contributed by atoms with Crippen molar-refractivity contribution < 1.29 is 4.79 Å². The first-order chi connectivity index (χ1) is 15.4. The fourth-order valence-electron chi connectivity index (χ4n) is 4.10. The van der Waals surface area contributed by atoms with E-state index in [9.17, 15) is 4.79 Å². The van der Waals surface area contributed by atoms with Crippen LogP contribution < -0.4 is 5.32 Å². The molecule has 0 aliphatic carbocycles. The lowest BCUT2D eigenvalue weighted by atomic mass is 10.1. The Labute approximate surface area is 197 Å². The summed E-state index contributed by atoms with van der Waals surface area (Å²) in [6.07, 6.45) is 1.96. The monoisotopic (exact) mass is 451 g/mol. The molecular weight excluding hydrogens is 414 g/mol. The van der Waals surface area contributed by atoms with E-state index in [2.05, 4.69) is 69.1 Å². The van der Waals surface area contributed by atoms with Gasteiger partial charge in [-0.3, -0.25) is 9.79 Å². The lowest BCUT2D eigenvalue weighted by Gasteiger charge is -2.26. The summed E-state index contributed by atoms with van der Waals surface area (Å²) in [5.74, 6) is 1.21. The van der Waals surface area contributed by atoms with Crippen LogP contribution in [0, 0.1) is 11.8 Å². The zero-order chi connectivity index (χ0) is 23.1. The third-order valence-electron chi connectivity index (χ3n) is 5.34. The van der Waals surface area contributed by atoms with Crippen molar-refractivity contribution in [3.63, 3.8) is 0 Å². The fourth-order valence-corrected chi connectivity index (χ4v) is 5.12. The van der Waals surface area contributed by atoms with E-state index in [4.69, 9.17) is 4.99 Å². The second-order valence-corrected chi connectivity index (χ2v) is 10.5. The first-order valence-corrected chi connectivity index (χ1v) is 12.7. The Morgan fingerprint density at radius 2 is 1.75 bits per heavy atom. The summed E-state index contributed by atoms with van der Waals surface area (Å²) in [5, 5.41) is 3.12. The maximum Gasteiger partial charge on any atom is 0.251 e. The van der Waals surface area contributed by atoms with E-state index in [1.54, 1.807) is 11.8 Å². The number of aliphatic imine (C=N–C) groups is 1. The van der Waals surface area contributed by atoms with E-state index < -0.39 is 0 Å². The first-order valence-electron chi connectivity index (χ1n) is 11.9. The molecule has 0 atom stereocenters. The normalized spacial score (nSPS) is 13.1. The van der Waals surface area contributed by atoms with Crippen LogP contribution in [0.5, 0.6) is 0 Å². The van der Waals surface area contributed by atoms with Gasteiger partial charge in [-0.05, 0) is 42.5 Å². The molecule has 5 heteroatoms. The van der Waals surface area contributed by atoms with Crippen molar-refractivity contribution in [1.29, 1.82) is 0 Å². The second-order valence-electron chi connectivity index (χ2n) is 9.39. The highest BCUT2D eigenvalue weighted by molar-refractivity contribution is 7.99. The molecule has 0 fully saturated rings. The van der Waals surface area contributed by atoms with Gasteiger partial charge in [0.15, 0.2) is 0 Å². The summed E-state index contributed by atoms with van der Waals surface area (Å²) >= 11 is 1.73. The molecule has 4 nitrogen and oxygen atoms in total. The van der Waals surface area contributed by atoms with Gasteiger partial charge in [-0.25, -0.2) is 0 Å². The molecule has 0 bridgehead atoms. The summed E-state index contributed by atoms with van der Waals surface area (Å²) in [6, 6.07) is 14.3. The van der Waals surface area contributed by atoms with E-state index >= 15 is 0 Å². The van der Waals surface area contributed by atoms with Crippen molar-refractivity contribution in [2.24, 2.45) is 16.8 Å². The molecule has 1 aliphatic heterocycles. The van der Waals surface area contributed by atoms with Gasteiger partial charge in [-0.1, -0.05) is 71.0 Å². The van der Waals surface area contributed by atoms with E-state index in [1.807, 2.05) is 18.2 Å². The summed E-state index contributed by atoms with van der Waals surface area (Å²) in [4.78, 5) is 22.6. The average molecular weight is 452 g/mol. The molecule has 2 aromatic carbocycles. The average Bonchev–Trinajstić information content (AvgIpc) is 2.89. The fraction of sp³-hybridized carbons (Fsp3) is 0.481. The molecule has 1 aliphatic rings. The number of carbonyl (C=O) groups excluding carboxylic acids is 1. The van der Waals surface area contributed by atoms with Crippen LogP contribution in [0.2, 0.25) is 0 Å². The molecule has 0 aromatic heterocycles. The Balaban J connectivity index is 1.72. The van der Waals surface area contributed by atoms with Gasteiger partial charge in [-0.2, -0.15) is 0 Å². The molecular formula is C27H37N3OS. The van der Waals surface area contributed by atoms with Crippen LogP contribution in [0.1, 0.15) is 63.4 Å². The standard InChI is InChI=1S/C27H37N3OS/c1-6-9-23-22-10-7-8-11-25(22)32-26-13-12-21(16-24(26)29-23)27(31)28-14-15-30(17-19(2)3)18-20(4)5/h7-8,10-13,16,19-20H,6,9,14-15,17-18H2,1-5H3,(H,28,31). The zero-order valence-corrected chi connectivity index (χ0v) is 21.0. The van der Waals surface area contributed by atoms with E-state index in [0.29, 0.717) is 23.9 Å². The SMILES string of the molecule is CCCC1=Nc2cc(C(=O)NCCN(CC(C)C)CC(C)C)ccc2Sc2ccccc21. The third-order valence-corrected chi connectivity index (χ3v) is 6.48. The molecule has 3 rings (SSSR count). The zero-order valence-electron chi connectivity index (χ0n) is 20.1. The number of fused-ring (bicyclic) bond motifs is 2. The molecule has 1 heterocycles. The largest absolute Gasteiger partial charge is 0.351 e. The molecule has 1 N–H and O–H groups in total. The van der Waals surface area contributed by atoms with Crippen molar-refractivity contribution in [3.8, 4) is 0 Å². The third kappa shape index (κ3) is 6.69. The second kappa shape index (κ2) is 11.7. The number of amides is 1. The van der Waals surface area contributed by atoms with Gasteiger partial charge in [0.2, 0.25) is 0 Å². The Morgan fingerprint density at radius 1 is 1.03 bits per heavy atom. The van der Waals surface area contributed by atoms with Crippen molar-refractivity contribution in [3.05, 3.63) is 53.6 Å².